The van der Waals surface area contributed by atoms with E-state index in [0.717, 1.165) is 71.5 Å². The number of hydrogen-bond donors (Lipinski definition) is 3. The van der Waals surface area contributed by atoms with Crippen molar-refractivity contribution >= 4 is 11.8 Å². The molecule has 1 unspecified atom stereocenters. The van der Waals surface area contributed by atoms with Crippen molar-refractivity contribution in [1.82, 2.24) is 30.7 Å². The summed E-state index contributed by atoms with van der Waals surface area (Å²) in [5.74, 6) is 1.15. The quantitative estimate of drug-likeness (QED) is 0.450. The topological polar surface area (TPSA) is 89.2 Å². The van der Waals surface area contributed by atoms with Crippen LogP contribution in [0.3, 0.4) is 0 Å². The van der Waals surface area contributed by atoms with Crippen LogP contribution in [0.15, 0.2) is 0 Å². The lowest BCUT2D eigenvalue weighted by molar-refractivity contribution is -0.134. The van der Waals surface area contributed by atoms with Gasteiger partial charge in [-0.2, -0.15) is 0 Å². The third-order valence-electron chi connectivity index (χ3n) is 9.53. The number of methoxy groups -OCH3 is 1. The molecule has 0 spiro atoms. The Balaban J connectivity index is 1.04. The first kappa shape index (κ1) is 26.4. The first-order valence-corrected chi connectivity index (χ1v) is 14.7. The summed E-state index contributed by atoms with van der Waals surface area (Å²) < 4.78 is 5.51. The number of nitrogens with one attached hydrogen (secondary N) is 3. The van der Waals surface area contributed by atoms with E-state index in [2.05, 4.69) is 30.7 Å². The van der Waals surface area contributed by atoms with E-state index in [9.17, 15) is 9.59 Å². The lowest BCUT2D eigenvalue weighted by Gasteiger charge is -2.41. The highest BCUT2D eigenvalue weighted by Crippen LogP contribution is 2.28. The van der Waals surface area contributed by atoms with Crippen LogP contribution < -0.4 is 16.0 Å². The highest BCUT2D eigenvalue weighted by molar-refractivity contribution is 5.83. The molecule has 0 aromatic rings. The zero-order valence-corrected chi connectivity index (χ0v) is 22.3. The molecule has 0 radical (unpaired) electrons. The van der Waals surface area contributed by atoms with Crippen molar-refractivity contribution in [3.05, 3.63) is 0 Å². The van der Waals surface area contributed by atoms with E-state index >= 15 is 0 Å². The van der Waals surface area contributed by atoms with Crippen molar-refractivity contribution < 1.29 is 14.3 Å². The van der Waals surface area contributed by atoms with Crippen LogP contribution in [0, 0.1) is 5.92 Å². The summed E-state index contributed by atoms with van der Waals surface area (Å²) in [6, 6.07) is 0.569. The summed E-state index contributed by atoms with van der Waals surface area (Å²) >= 11 is 0. The van der Waals surface area contributed by atoms with Gasteiger partial charge in [0.15, 0.2) is 0 Å². The molecule has 4 atom stereocenters. The molecule has 9 heteroatoms. The van der Waals surface area contributed by atoms with Gasteiger partial charge in [0.2, 0.25) is 11.8 Å². The summed E-state index contributed by atoms with van der Waals surface area (Å²) in [5.41, 5.74) is 0. The lowest BCUT2D eigenvalue weighted by atomic mass is 9.87. The number of carbonyl (C=O) groups excluding carboxylic acids is 2. The Morgan fingerprint density at radius 2 is 1.89 bits per heavy atom. The van der Waals surface area contributed by atoms with Crippen LogP contribution in [0.5, 0.6) is 0 Å². The standard InChI is InChI=1S/C27H48N6O3/c1-36-23-8-5-20(6-9-23)17-29-21-16-24-27(35)30-18-22(33(24)19-21)7-10-26(34)32-14-12-31(13-15-32)25-4-2-3-11-28-25/h20-25,28-29H,2-19H2,1H3,(H,30,35)/t20?,21-,22-,23?,24-,25?/m1/s1. The molecule has 36 heavy (non-hydrogen) atoms. The van der Waals surface area contributed by atoms with Gasteiger partial charge in [-0.05, 0) is 76.8 Å². The summed E-state index contributed by atoms with van der Waals surface area (Å²) in [6.07, 6.45) is 11.8. The summed E-state index contributed by atoms with van der Waals surface area (Å²) in [7, 11) is 1.82. The maximum atomic E-state index is 13.0. The molecular formula is C27H48N6O3. The van der Waals surface area contributed by atoms with E-state index in [1.807, 2.05) is 7.11 Å². The fraction of sp³-hybridized carbons (Fsp3) is 0.926. The smallest absolute Gasteiger partial charge is 0.237 e. The molecule has 5 fully saturated rings. The van der Waals surface area contributed by atoms with Crippen LogP contribution in [0.25, 0.3) is 0 Å². The van der Waals surface area contributed by atoms with Crippen molar-refractivity contribution in [3.8, 4) is 0 Å². The van der Waals surface area contributed by atoms with Gasteiger partial charge in [-0.1, -0.05) is 0 Å². The minimum atomic E-state index is -0.0490. The van der Waals surface area contributed by atoms with E-state index in [4.69, 9.17) is 4.74 Å². The first-order valence-electron chi connectivity index (χ1n) is 14.7. The molecule has 4 saturated heterocycles. The van der Waals surface area contributed by atoms with Crippen molar-refractivity contribution in [3.63, 3.8) is 0 Å². The molecule has 5 rings (SSSR count). The molecule has 1 aliphatic carbocycles. The minimum Gasteiger partial charge on any atom is -0.381 e. The summed E-state index contributed by atoms with van der Waals surface area (Å²) in [4.78, 5) is 32.6. The molecule has 0 aromatic carbocycles. The molecule has 2 amide bonds. The average molecular weight is 505 g/mol. The van der Waals surface area contributed by atoms with Gasteiger partial charge in [-0.15, -0.1) is 0 Å². The molecule has 204 valence electrons. The maximum Gasteiger partial charge on any atom is 0.237 e. The van der Waals surface area contributed by atoms with Gasteiger partial charge >= 0.3 is 0 Å². The Morgan fingerprint density at radius 3 is 2.61 bits per heavy atom. The number of piperidine rings is 1. The summed E-state index contributed by atoms with van der Waals surface area (Å²) in [5, 5.41) is 10.5. The molecule has 3 N–H and O–H groups in total. The van der Waals surface area contributed by atoms with E-state index in [0.29, 0.717) is 37.2 Å². The van der Waals surface area contributed by atoms with Crippen LogP contribution in [0.4, 0.5) is 0 Å². The van der Waals surface area contributed by atoms with Crippen LogP contribution in [0.2, 0.25) is 0 Å². The Labute approximate surface area is 217 Å². The highest BCUT2D eigenvalue weighted by Gasteiger charge is 2.43. The van der Waals surface area contributed by atoms with Crippen LogP contribution in [-0.4, -0.2) is 116 Å². The Morgan fingerprint density at radius 1 is 1.08 bits per heavy atom. The van der Waals surface area contributed by atoms with Gasteiger partial charge in [0.05, 0.1) is 18.3 Å². The van der Waals surface area contributed by atoms with Gasteiger partial charge in [0.25, 0.3) is 0 Å². The Bertz CT molecular complexity index is 731. The minimum absolute atomic E-state index is 0.0490. The van der Waals surface area contributed by atoms with Crippen molar-refractivity contribution in [2.24, 2.45) is 5.92 Å². The largest absolute Gasteiger partial charge is 0.381 e. The van der Waals surface area contributed by atoms with Gasteiger partial charge in [-0.25, -0.2) is 0 Å². The first-order chi connectivity index (χ1) is 17.6. The molecule has 0 bridgehead atoms. The van der Waals surface area contributed by atoms with Crippen molar-refractivity contribution in [2.45, 2.75) is 94.6 Å². The molecule has 4 heterocycles. The van der Waals surface area contributed by atoms with Crippen molar-refractivity contribution in [1.29, 1.82) is 0 Å². The van der Waals surface area contributed by atoms with E-state index < -0.39 is 0 Å². The molecular weight excluding hydrogens is 456 g/mol. The fourth-order valence-electron chi connectivity index (χ4n) is 7.17. The van der Waals surface area contributed by atoms with E-state index in [-0.39, 0.29) is 23.9 Å². The second-order valence-electron chi connectivity index (χ2n) is 11.8. The number of hydrogen-bond acceptors (Lipinski definition) is 7. The van der Waals surface area contributed by atoms with Crippen LogP contribution in [0.1, 0.15) is 64.2 Å². The maximum absolute atomic E-state index is 13.0. The molecule has 5 aliphatic rings. The fourth-order valence-corrected chi connectivity index (χ4v) is 7.17. The monoisotopic (exact) mass is 504 g/mol. The normalized spacial score (nSPS) is 36.5. The number of amides is 2. The lowest BCUT2D eigenvalue weighted by Crippen LogP contribution is -2.58. The molecule has 0 aromatic heterocycles. The van der Waals surface area contributed by atoms with Gasteiger partial charge in [0, 0.05) is 64.9 Å². The van der Waals surface area contributed by atoms with Crippen LogP contribution in [-0.2, 0) is 14.3 Å². The summed E-state index contributed by atoms with van der Waals surface area (Å²) in [6.45, 7) is 7.34. The third-order valence-corrected chi connectivity index (χ3v) is 9.53. The molecule has 1 saturated carbocycles. The number of piperazine rings is 2. The Kier molecular flexibility index (Phi) is 9.17. The third kappa shape index (κ3) is 6.41. The zero-order valence-electron chi connectivity index (χ0n) is 22.3. The number of fused-ring (bicyclic) bond motifs is 1. The molecule has 9 nitrogen and oxygen atoms in total. The van der Waals surface area contributed by atoms with Gasteiger partial charge in [0.1, 0.15) is 0 Å². The van der Waals surface area contributed by atoms with E-state index in [1.54, 1.807) is 0 Å². The zero-order chi connectivity index (χ0) is 24.9. The van der Waals surface area contributed by atoms with Gasteiger partial charge < -0.3 is 25.6 Å². The second kappa shape index (κ2) is 12.5. The average Bonchev–Trinajstić information content (AvgIpc) is 3.38. The van der Waals surface area contributed by atoms with Gasteiger partial charge in [-0.3, -0.25) is 19.4 Å². The number of nitrogens with zero attached hydrogens (tertiary/aromatic N) is 3. The molecule has 4 aliphatic heterocycles. The SMILES string of the molecule is COC1CCC(CN[C@@H]2C[C@@H]3C(=O)NC[C@@H](CCC(=O)N4CCN(C5CCCCN5)CC4)N3C2)CC1. The Hall–Kier alpha value is -1.26. The van der Waals surface area contributed by atoms with Crippen molar-refractivity contribution in [2.75, 3.05) is 59.5 Å². The van der Waals surface area contributed by atoms with E-state index in [1.165, 1.54) is 32.1 Å². The predicted molar refractivity (Wildman–Crippen MR) is 139 cm³/mol. The number of ether oxygens (including phenoxy) is 1. The number of carbonyl (C=O) groups is 2. The second-order valence-corrected chi connectivity index (χ2v) is 11.8. The predicted octanol–water partition coefficient (Wildman–Crippen LogP) is 0.747. The van der Waals surface area contributed by atoms with Crippen LogP contribution >= 0.6 is 0 Å². The number of rotatable bonds is 8. The highest BCUT2D eigenvalue weighted by atomic mass is 16.5.